The van der Waals surface area contributed by atoms with Crippen LogP contribution in [0.2, 0.25) is 0 Å². The maximum absolute atomic E-state index is 4.17. The number of hydrogen-bond acceptors (Lipinski definition) is 2. The van der Waals surface area contributed by atoms with Crippen molar-refractivity contribution >= 4 is 0 Å². The Morgan fingerprint density at radius 1 is 1.47 bits per heavy atom. The van der Waals surface area contributed by atoms with E-state index in [-0.39, 0.29) is 0 Å². The first-order chi connectivity index (χ1) is 7.20. The van der Waals surface area contributed by atoms with Gasteiger partial charge in [-0.05, 0) is 57.4 Å². The third-order valence-corrected chi connectivity index (χ3v) is 3.38. The largest absolute Gasteiger partial charge is 0.294 e. The van der Waals surface area contributed by atoms with Crippen molar-refractivity contribution in [3.8, 4) is 0 Å². The highest BCUT2D eigenvalue weighted by molar-refractivity contribution is 5.26. The lowest BCUT2D eigenvalue weighted by molar-refractivity contribution is 0.205. The fraction of sp³-hybridized carbons (Fsp3) is 0.615. The van der Waals surface area contributed by atoms with E-state index in [1.54, 1.807) is 0 Å². The Morgan fingerprint density at radius 2 is 2.27 bits per heavy atom. The zero-order chi connectivity index (χ0) is 10.8. The van der Waals surface area contributed by atoms with E-state index in [1.165, 1.54) is 30.5 Å². The van der Waals surface area contributed by atoms with Crippen LogP contribution in [0.25, 0.3) is 0 Å². The highest BCUT2D eigenvalue weighted by atomic mass is 15.2. The monoisotopic (exact) mass is 204 g/mol. The van der Waals surface area contributed by atoms with E-state index in [2.05, 4.69) is 36.7 Å². The van der Waals surface area contributed by atoms with Gasteiger partial charge in [0.25, 0.3) is 0 Å². The van der Waals surface area contributed by atoms with Gasteiger partial charge in [0.15, 0.2) is 0 Å². The van der Waals surface area contributed by atoms with Crippen molar-refractivity contribution in [2.45, 2.75) is 45.7 Å². The zero-order valence-corrected chi connectivity index (χ0v) is 9.90. The molecule has 0 radical (unpaired) electrons. The van der Waals surface area contributed by atoms with Crippen LogP contribution in [0.1, 0.15) is 43.9 Å². The predicted octanol–water partition coefficient (Wildman–Crippen LogP) is 2.94. The molecule has 2 heterocycles. The molecule has 2 heteroatoms. The van der Waals surface area contributed by atoms with Crippen molar-refractivity contribution in [2.24, 2.45) is 0 Å². The van der Waals surface area contributed by atoms with E-state index < -0.39 is 0 Å². The van der Waals surface area contributed by atoms with Gasteiger partial charge in [0.1, 0.15) is 0 Å². The van der Waals surface area contributed by atoms with Crippen LogP contribution in [0, 0.1) is 6.92 Å². The Labute approximate surface area is 92.3 Å². The van der Waals surface area contributed by atoms with Gasteiger partial charge < -0.3 is 0 Å². The van der Waals surface area contributed by atoms with Crippen LogP contribution in [0.5, 0.6) is 0 Å². The molecular formula is C13H20N2. The number of aryl methyl sites for hydroxylation is 1. The Morgan fingerprint density at radius 3 is 2.93 bits per heavy atom. The summed E-state index contributed by atoms with van der Waals surface area (Å²) in [5.41, 5.74) is 2.80. The van der Waals surface area contributed by atoms with Gasteiger partial charge >= 0.3 is 0 Å². The van der Waals surface area contributed by atoms with Crippen LogP contribution in [-0.2, 0) is 0 Å². The van der Waals surface area contributed by atoms with Crippen molar-refractivity contribution in [1.29, 1.82) is 0 Å². The molecule has 2 nitrogen and oxygen atoms in total. The lowest BCUT2D eigenvalue weighted by atomic mass is 10.0. The first kappa shape index (κ1) is 10.6. The lowest BCUT2D eigenvalue weighted by Gasteiger charge is -2.29. The molecular weight excluding hydrogens is 184 g/mol. The van der Waals surface area contributed by atoms with E-state index >= 15 is 0 Å². The van der Waals surface area contributed by atoms with Crippen LogP contribution in [0.15, 0.2) is 18.5 Å². The number of aromatic nitrogens is 1. The molecule has 0 spiro atoms. The third-order valence-electron chi connectivity index (χ3n) is 3.38. The molecule has 0 N–H and O–H groups in total. The summed E-state index contributed by atoms with van der Waals surface area (Å²) >= 11 is 0. The summed E-state index contributed by atoms with van der Waals surface area (Å²) in [7, 11) is 0. The van der Waals surface area contributed by atoms with Gasteiger partial charge in [-0.25, -0.2) is 0 Å². The predicted molar refractivity (Wildman–Crippen MR) is 62.8 cm³/mol. The Hall–Kier alpha value is -0.890. The quantitative estimate of drug-likeness (QED) is 0.736. The summed E-state index contributed by atoms with van der Waals surface area (Å²) in [4.78, 5) is 6.77. The molecule has 0 saturated carbocycles. The van der Waals surface area contributed by atoms with Gasteiger partial charge in [-0.1, -0.05) is 0 Å². The molecule has 82 valence electrons. The molecule has 0 unspecified atom stereocenters. The van der Waals surface area contributed by atoms with Crippen LogP contribution in [0.3, 0.4) is 0 Å². The Bertz CT molecular complexity index is 333. The molecule has 1 aliphatic rings. The second-order valence-electron chi connectivity index (χ2n) is 4.72. The molecule has 1 saturated heterocycles. The van der Waals surface area contributed by atoms with E-state index in [0.29, 0.717) is 12.1 Å². The molecule has 0 amide bonds. The highest BCUT2D eigenvalue weighted by Crippen LogP contribution is 2.34. The highest BCUT2D eigenvalue weighted by Gasteiger charge is 2.28. The molecule has 0 aliphatic carbocycles. The first-order valence-corrected chi connectivity index (χ1v) is 5.86. The zero-order valence-electron chi connectivity index (χ0n) is 9.90. The summed E-state index contributed by atoms with van der Waals surface area (Å²) in [5, 5.41) is 0. The van der Waals surface area contributed by atoms with Crippen LogP contribution in [0.4, 0.5) is 0 Å². The van der Waals surface area contributed by atoms with Gasteiger partial charge in [-0.15, -0.1) is 0 Å². The molecule has 2 rings (SSSR count). The van der Waals surface area contributed by atoms with Crippen LogP contribution >= 0.6 is 0 Å². The third kappa shape index (κ3) is 2.05. The van der Waals surface area contributed by atoms with Gasteiger partial charge in [0.2, 0.25) is 0 Å². The standard InChI is InChI=1S/C13H20N2/c1-10(2)15-8-4-5-13(15)12-6-7-14-9-11(12)3/h6-7,9-10,13H,4-5,8H2,1-3H3/t13-/m0/s1. The summed E-state index contributed by atoms with van der Waals surface area (Å²) < 4.78 is 0. The van der Waals surface area contributed by atoms with E-state index in [4.69, 9.17) is 0 Å². The molecule has 1 aromatic heterocycles. The number of pyridine rings is 1. The van der Waals surface area contributed by atoms with Crippen LogP contribution in [-0.4, -0.2) is 22.5 Å². The summed E-state index contributed by atoms with van der Waals surface area (Å²) in [5.74, 6) is 0. The molecule has 0 aromatic carbocycles. The number of likely N-dealkylation sites (tertiary alicyclic amines) is 1. The average Bonchev–Trinajstić information content (AvgIpc) is 2.67. The van der Waals surface area contributed by atoms with Gasteiger partial charge in [0.05, 0.1) is 0 Å². The topological polar surface area (TPSA) is 16.1 Å². The van der Waals surface area contributed by atoms with Crippen molar-refractivity contribution in [2.75, 3.05) is 6.54 Å². The molecule has 1 atom stereocenters. The van der Waals surface area contributed by atoms with E-state index in [0.717, 1.165) is 0 Å². The molecule has 0 bridgehead atoms. The van der Waals surface area contributed by atoms with Gasteiger partial charge in [-0.2, -0.15) is 0 Å². The second kappa shape index (κ2) is 4.31. The molecule has 1 aliphatic heterocycles. The minimum Gasteiger partial charge on any atom is -0.294 e. The average molecular weight is 204 g/mol. The summed E-state index contributed by atoms with van der Waals surface area (Å²) in [6.45, 7) is 7.98. The van der Waals surface area contributed by atoms with E-state index in [9.17, 15) is 0 Å². The van der Waals surface area contributed by atoms with Gasteiger partial charge in [0, 0.05) is 24.5 Å². The SMILES string of the molecule is Cc1cnccc1[C@@H]1CCCN1C(C)C. The minimum atomic E-state index is 0.619. The summed E-state index contributed by atoms with van der Waals surface area (Å²) in [6.07, 6.45) is 6.51. The van der Waals surface area contributed by atoms with Crippen LogP contribution < -0.4 is 0 Å². The summed E-state index contributed by atoms with van der Waals surface area (Å²) in [6, 6.07) is 3.44. The Balaban J connectivity index is 2.27. The molecule has 1 fully saturated rings. The van der Waals surface area contributed by atoms with E-state index in [1.807, 2.05) is 12.4 Å². The van der Waals surface area contributed by atoms with Crippen molar-refractivity contribution < 1.29 is 0 Å². The van der Waals surface area contributed by atoms with Crippen molar-refractivity contribution in [3.05, 3.63) is 29.6 Å². The number of nitrogens with zero attached hydrogens (tertiary/aromatic N) is 2. The lowest BCUT2D eigenvalue weighted by Crippen LogP contribution is -2.30. The Kier molecular flexibility index (Phi) is 3.06. The molecule has 1 aromatic rings. The van der Waals surface area contributed by atoms with Crippen molar-refractivity contribution in [1.82, 2.24) is 9.88 Å². The normalized spacial score (nSPS) is 22.5. The smallest absolute Gasteiger partial charge is 0.0355 e. The second-order valence-corrected chi connectivity index (χ2v) is 4.72. The maximum atomic E-state index is 4.17. The number of hydrogen-bond donors (Lipinski definition) is 0. The fourth-order valence-electron chi connectivity index (χ4n) is 2.60. The first-order valence-electron chi connectivity index (χ1n) is 5.86. The van der Waals surface area contributed by atoms with Gasteiger partial charge in [-0.3, -0.25) is 9.88 Å². The fourth-order valence-corrected chi connectivity index (χ4v) is 2.60. The maximum Gasteiger partial charge on any atom is 0.0355 e. The minimum absolute atomic E-state index is 0.619. The van der Waals surface area contributed by atoms with Crippen molar-refractivity contribution in [3.63, 3.8) is 0 Å². The number of rotatable bonds is 2. The molecule has 15 heavy (non-hydrogen) atoms.